The zero-order valence-electron chi connectivity index (χ0n) is 4.77. The molecule has 0 spiro atoms. The Kier molecular flexibility index (Phi) is 1.47. The van der Waals surface area contributed by atoms with Crippen molar-refractivity contribution in [2.24, 2.45) is 0 Å². The van der Waals surface area contributed by atoms with Crippen molar-refractivity contribution >= 4 is 0 Å². The van der Waals surface area contributed by atoms with Crippen molar-refractivity contribution in [1.82, 2.24) is 0 Å². The van der Waals surface area contributed by atoms with Gasteiger partial charge in [0.15, 0.2) is 0 Å². The molecule has 0 aliphatic heterocycles. The highest BCUT2D eigenvalue weighted by Gasteiger charge is 2.13. The van der Waals surface area contributed by atoms with E-state index in [0.717, 1.165) is 0 Å². The highest BCUT2D eigenvalue weighted by molar-refractivity contribution is 5.36. The molecule has 0 heterocycles. The molecule has 0 saturated heterocycles. The summed E-state index contributed by atoms with van der Waals surface area (Å²) >= 11 is 0. The minimum atomic E-state index is -1.34. The minimum Gasteiger partial charge on any atom is -0.238 e. The summed E-state index contributed by atoms with van der Waals surface area (Å²) < 4.78 is 24.7. The topological polar surface area (TPSA) is 0 Å². The predicted molar refractivity (Wildman–Crippen MR) is 32.4 cm³/mol. The molecule has 1 aliphatic carbocycles. The Balaban J connectivity index is 2.86. The summed E-state index contributed by atoms with van der Waals surface area (Å²) in [5.74, 6) is -0.565. The number of halogens is 2. The lowest BCUT2D eigenvalue weighted by Crippen LogP contribution is -2.02. The van der Waals surface area contributed by atoms with Crippen molar-refractivity contribution < 1.29 is 8.78 Å². The summed E-state index contributed by atoms with van der Waals surface area (Å²) in [4.78, 5) is 0. The fourth-order valence-electron chi connectivity index (χ4n) is 0.593. The van der Waals surface area contributed by atoms with Crippen molar-refractivity contribution in [2.45, 2.75) is 6.17 Å². The Labute approximate surface area is 52.2 Å². The van der Waals surface area contributed by atoms with Crippen LogP contribution in [-0.4, -0.2) is 6.17 Å². The van der Waals surface area contributed by atoms with Gasteiger partial charge in [-0.25, -0.2) is 8.78 Å². The lowest BCUT2D eigenvalue weighted by molar-refractivity contribution is 0.435. The van der Waals surface area contributed by atoms with E-state index in [1.165, 1.54) is 18.2 Å². The van der Waals surface area contributed by atoms with Gasteiger partial charge in [0, 0.05) is 5.57 Å². The number of alkyl halides is 1. The summed E-state index contributed by atoms with van der Waals surface area (Å²) in [7, 11) is 0. The second-order valence-electron chi connectivity index (χ2n) is 1.83. The Morgan fingerprint density at radius 2 is 2.22 bits per heavy atom. The number of allylic oxidation sites excluding steroid dienone is 5. The van der Waals surface area contributed by atoms with Crippen molar-refractivity contribution in [3.05, 3.63) is 36.2 Å². The van der Waals surface area contributed by atoms with Gasteiger partial charge in [-0.05, 0) is 12.2 Å². The molecule has 0 N–H and O–H groups in total. The number of hydrogen-bond donors (Lipinski definition) is 0. The molecule has 0 aromatic rings. The van der Waals surface area contributed by atoms with Gasteiger partial charge in [-0.3, -0.25) is 0 Å². The molecule has 0 aromatic carbocycles. The fourth-order valence-corrected chi connectivity index (χ4v) is 0.593. The molecule has 1 unspecified atom stereocenters. The molecule has 0 aromatic heterocycles. The van der Waals surface area contributed by atoms with Gasteiger partial charge in [-0.1, -0.05) is 12.7 Å². The molecule has 0 nitrogen and oxygen atoms in total. The first kappa shape index (κ1) is 6.20. The van der Waals surface area contributed by atoms with Crippen LogP contribution in [0.3, 0.4) is 0 Å². The van der Waals surface area contributed by atoms with Gasteiger partial charge in [0.05, 0.1) is 0 Å². The van der Waals surface area contributed by atoms with Crippen LogP contribution in [-0.2, 0) is 0 Å². The van der Waals surface area contributed by atoms with Gasteiger partial charge in [-0.15, -0.1) is 0 Å². The average molecular weight is 128 g/mol. The Morgan fingerprint density at radius 1 is 1.56 bits per heavy atom. The van der Waals surface area contributed by atoms with Crippen LogP contribution < -0.4 is 0 Å². The van der Waals surface area contributed by atoms with Crippen LogP contribution in [0.4, 0.5) is 8.78 Å². The Bertz CT molecular complexity index is 189. The second-order valence-corrected chi connectivity index (χ2v) is 1.83. The molecule has 0 saturated carbocycles. The van der Waals surface area contributed by atoms with Gasteiger partial charge in [0.25, 0.3) is 0 Å². The van der Waals surface area contributed by atoms with Crippen LogP contribution in [0, 0.1) is 0 Å². The molecule has 1 rings (SSSR count). The first-order valence-electron chi connectivity index (χ1n) is 2.59. The molecule has 0 fully saturated rings. The first-order chi connectivity index (χ1) is 4.22. The molecule has 0 radical (unpaired) electrons. The van der Waals surface area contributed by atoms with Crippen LogP contribution in [0.2, 0.25) is 0 Å². The average Bonchev–Trinajstić information content (AvgIpc) is 1.83. The van der Waals surface area contributed by atoms with Crippen LogP contribution in [0.1, 0.15) is 0 Å². The highest BCUT2D eigenvalue weighted by Crippen LogP contribution is 2.20. The molecule has 1 atom stereocenters. The van der Waals surface area contributed by atoms with Crippen LogP contribution in [0.25, 0.3) is 0 Å². The molecule has 2 heteroatoms. The summed E-state index contributed by atoms with van der Waals surface area (Å²) in [5.41, 5.74) is -0.0856. The van der Waals surface area contributed by atoms with Gasteiger partial charge >= 0.3 is 0 Å². The quantitative estimate of drug-likeness (QED) is 0.469. The molecule has 48 valence electrons. The lowest BCUT2D eigenvalue weighted by atomic mass is 10.1. The largest absolute Gasteiger partial charge is 0.238 e. The van der Waals surface area contributed by atoms with E-state index in [0.29, 0.717) is 0 Å². The molecular weight excluding hydrogens is 122 g/mol. The van der Waals surface area contributed by atoms with E-state index in [-0.39, 0.29) is 5.57 Å². The Morgan fingerprint density at radius 3 is 2.67 bits per heavy atom. The summed E-state index contributed by atoms with van der Waals surface area (Å²) in [6, 6.07) is 0. The molecule has 0 amide bonds. The predicted octanol–water partition coefficient (Wildman–Crippen LogP) is 2.30. The third kappa shape index (κ3) is 1.07. The van der Waals surface area contributed by atoms with E-state index in [2.05, 4.69) is 6.58 Å². The van der Waals surface area contributed by atoms with Gasteiger partial charge in [0.1, 0.15) is 12.0 Å². The normalized spacial score (nSPS) is 26.2. The first-order valence-corrected chi connectivity index (χ1v) is 2.59. The molecule has 9 heavy (non-hydrogen) atoms. The fraction of sp³-hybridized carbons (Fsp3) is 0.143. The van der Waals surface area contributed by atoms with Gasteiger partial charge < -0.3 is 0 Å². The number of rotatable bonds is 0. The highest BCUT2D eigenvalue weighted by atomic mass is 19.1. The summed E-state index contributed by atoms with van der Waals surface area (Å²) in [5, 5.41) is 0. The third-order valence-electron chi connectivity index (χ3n) is 1.16. The van der Waals surface area contributed by atoms with Crippen molar-refractivity contribution in [1.29, 1.82) is 0 Å². The summed E-state index contributed by atoms with van der Waals surface area (Å²) in [6.45, 7) is 3.21. The zero-order chi connectivity index (χ0) is 6.85. The monoisotopic (exact) mass is 128 g/mol. The van der Waals surface area contributed by atoms with E-state index in [1.807, 2.05) is 0 Å². The van der Waals surface area contributed by atoms with E-state index in [4.69, 9.17) is 0 Å². The van der Waals surface area contributed by atoms with E-state index in [1.54, 1.807) is 0 Å². The van der Waals surface area contributed by atoms with E-state index >= 15 is 0 Å². The smallest absolute Gasteiger partial charge is 0.146 e. The standard InChI is InChI=1S/C7H6F2/c1-5-6(8)3-2-4-7(5)9/h2-4,6H,1H2. The number of hydrogen-bond acceptors (Lipinski definition) is 0. The second kappa shape index (κ2) is 2.13. The SMILES string of the molecule is C=C1C(F)=CC=CC1F. The minimum absolute atomic E-state index is 0.0856. The molecular formula is C7H6F2. The van der Waals surface area contributed by atoms with E-state index in [9.17, 15) is 8.78 Å². The zero-order valence-corrected chi connectivity index (χ0v) is 4.77. The molecule has 0 bridgehead atoms. The van der Waals surface area contributed by atoms with Crippen molar-refractivity contribution in [3.63, 3.8) is 0 Å². The van der Waals surface area contributed by atoms with Crippen molar-refractivity contribution in [2.75, 3.05) is 0 Å². The van der Waals surface area contributed by atoms with Crippen molar-refractivity contribution in [3.8, 4) is 0 Å². The third-order valence-corrected chi connectivity index (χ3v) is 1.16. The molecule has 1 aliphatic rings. The van der Waals surface area contributed by atoms with Crippen LogP contribution in [0.5, 0.6) is 0 Å². The van der Waals surface area contributed by atoms with Gasteiger partial charge in [0.2, 0.25) is 0 Å². The maximum Gasteiger partial charge on any atom is 0.146 e. The maximum atomic E-state index is 12.4. The van der Waals surface area contributed by atoms with Crippen LogP contribution >= 0.6 is 0 Å². The van der Waals surface area contributed by atoms with Gasteiger partial charge in [-0.2, -0.15) is 0 Å². The Hall–Kier alpha value is -0.920. The van der Waals surface area contributed by atoms with Crippen LogP contribution in [0.15, 0.2) is 36.2 Å². The van der Waals surface area contributed by atoms with E-state index < -0.39 is 12.0 Å². The maximum absolute atomic E-state index is 12.4. The lowest BCUT2D eigenvalue weighted by Gasteiger charge is -2.07. The summed E-state index contributed by atoms with van der Waals surface area (Å²) in [6.07, 6.45) is 2.45.